The van der Waals surface area contributed by atoms with Crippen LogP contribution in [0, 0.1) is 5.92 Å². The van der Waals surface area contributed by atoms with E-state index < -0.39 is 0 Å². The van der Waals surface area contributed by atoms with E-state index in [4.69, 9.17) is 11.6 Å². The Balaban J connectivity index is 2.33. The predicted molar refractivity (Wildman–Crippen MR) is 61.0 cm³/mol. The molecule has 84 valence electrons. The summed E-state index contributed by atoms with van der Waals surface area (Å²) in [5.41, 5.74) is 0. The first-order chi connectivity index (χ1) is 7.08. The maximum absolute atomic E-state index is 9.59. The molecule has 0 aliphatic rings. The Kier molecular flexibility index (Phi) is 4.78. The standard InChI is InChI=1S/C10H16ClN3O/c1-7(2)3-9(15)6-14-10-12-4-8(11)5-13-10/h4-5,7,9,15H,3,6H2,1-2H3,(H,12,13,14)/t9-/m0/s1. The normalized spacial score (nSPS) is 12.9. The van der Waals surface area contributed by atoms with E-state index in [0.29, 0.717) is 23.4 Å². The van der Waals surface area contributed by atoms with Crippen LogP contribution in [-0.4, -0.2) is 27.7 Å². The smallest absolute Gasteiger partial charge is 0.222 e. The summed E-state index contributed by atoms with van der Waals surface area (Å²) in [5.74, 6) is 0.968. The third-order valence-corrected chi connectivity index (χ3v) is 2.05. The van der Waals surface area contributed by atoms with Crippen LogP contribution in [-0.2, 0) is 0 Å². The van der Waals surface area contributed by atoms with Gasteiger partial charge in [-0.25, -0.2) is 9.97 Å². The Morgan fingerprint density at radius 3 is 2.53 bits per heavy atom. The van der Waals surface area contributed by atoms with E-state index >= 15 is 0 Å². The van der Waals surface area contributed by atoms with Crippen LogP contribution in [0.2, 0.25) is 5.02 Å². The van der Waals surface area contributed by atoms with Crippen molar-refractivity contribution in [2.45, 2.75) is 26.4 Å². The van der Waals surface area contributed by atoms with Crippen LogP contribution in [0.15, 0.2) is 12.4 Å². The quantitative estimate of drug-likeness (QED) is 0.810. The molecule has 0 saturated heterocycles. The minimum absolute atomic E-state index is 0.371. The minimum Gasteiger partial charge on any atom is -0.391 e. The van der Waals surface area contributed by atoms with Crippen molar-refractivity contribution in [2.75, 3.05) is 11.9 Å². The van der Waals surface area contributed by atoms with Gasteiger partial charge in [0.05, 0.1) is 23.5 Å². The number of aliphatic hydroxyl groups is 1. The zero-order valence-electron chi connectivity index (χ0n) is 8.94. The van der Waals surface area contributed by atoms with Crippen LogP contribution >= 0.6 is 11.6 Å². The van der Waals surface area contributed by atoms with E-state index in [1.807, 2.05) is 0 Å². The Morgan fingerprint density at radius 2 is 2.00 bits per heavy atom. The average Bonchev–Trinajstić information content (AvgIpc) is 2.16. The molecule has 15 heavy (non-hydrogen) atoms. The molecule has 0 saturated carbocycles. The van der Waals surface area contributed by atoms with Gasteiger partial charge in [-0.15, -0.1) is 0 Å². The number of anilines is 1. The number of nitrogens with zero attached hydrogens (tertiary/aromatic N) is 2. The lowest BCUT2D eigenvalue weighted by Gasteiger charge is -2.13. The van der Waals surface area contributed by atoms with Gasteiger partial charge in [0.2, 0.25) is 5.95 Å². The first-order valence-electron chi connectivity index (χ1n) is 4.97. The molecule has 0 bridgehead atoms. The maximum atomic E-state index is 9.59. The first kappa shape index (κ1) is 12.2. The van der Waals surface area contributed by atoms with E-state index in [2.05, 4.69) is 29.1 Å². The summed E-state index contributed by atoms with van der Waals surface area (Å²) in [6.07, 6.45) is 3.43. The number of aromatic nitrogens is 2. The van der Waals surface area contributed by atoms with Crippen molar-refractivity contribution in [3.63, 3.8) is 0 Å². The largest absolute Gasteiger partial charge is 0.391 e. The van der Waals surface area contributed by atoms with Gasteiger partial charge in [0.25, 0.3) is 0 Å². The van der Waals surface area contributed by atoms with Crippen LogP contribution in [0.1, 0.15) is 20.3 Å². The van der Waals surface area contributed by atoms with Crippen molar-refractivity contribution in [2.24, 2.45) is 5.92 Å². The molecule has 0 amide bonds. The van der Waals surface area contributed by atoms with E-state index in [0.717, 1.165) is 6.42 Å². The number of rotatable bonds is 5. The maximum Gasteiger partial charge on any atom is 0.222 e. The van der Waals surface area contributed by atoms with Crippen molar-refractivity contribution in [1.29, 1.82) is 0 Å². The second-order valence-corrected chi connectivity index (χ2v) is 4.33. The van der Waals surface area contributed by atoms with Crippen LogP contribution in [0.4, 0.5) is 5.95 Å². The van der Waals surface area contributed by atoms with Crippen molar-refractivity contribution in [3.05, 3.63) is 17.4 Å². The zero-order valence-corrected chi connectivity index (χ0v) is 9.70. The van der Waals surface area contributed by atoms with Crippen molar-refractivity contribution < 1.29 is 5.11 Å². The van der Waals surface area contributed by atoms with Crippen LogP contribution in [0.25, 0.3) is 0 Å². The topological polar surface area (TPSA) is 58.0 Å². The lowest BCUT2D eigenvalue weighted by molar-refractivity contribution is 0.161. The van der Waals surface area contributed by atoms with E-state index in [1.54, 1.807) is 0 Å². The highest BCUT2D eigenvalue weighted by Gasteiger charge is 2.07. The number of aliphatic hydroxyl groups excluding tert-OH is 1. The second-order valence-electron chi connectivity index (χ2n) is 3.89. The fraction of sp³-hybridized carbons (Fsp3) is 0.600. The first-order valence-corrected chi connectivity index (χ1v) is 5.35. The summed E-state index contributed by atoms with van der Waals surface area (Å²) in [6, 6.07) is 0. The monoisotopic (exact) mass is 229 g/mol. The molecule has 1 aromatic heterocycles. The number of hydrogen-bond acceptors (Lipinski definition) is 4. The van der Waals surface area contributed by atoms with E-state index in [9.17, 15) is 5.11 Å². The lowest BCUT2D eigenvalue weighted by Crippen LogP contribution is -2.22. The molecule has 4 nitrogen and oxygen atoms in total. The molecule has 0 spiro atoms. The van der Waals surface area contributed by atoms with Gasteiger partial charge >= 0.3 is 0 Å². The van der Waals surface area contributed by atoms with Gasteiger partial charge in [-0.2, -0.15) is 0 Å². The Hall–Kier alpha value is -0.870. The molecule has 0 unspecified atom stereocenters. The summed E-state index contributed by atoms with van der Waals surface area (Å²) in [7, 11) is 0. The summed E-state index contributed by atoms with van der Waals surface area (Å²) in [4.78, 5) is 7.93. The van der Waals surface area contributed by atoms with Gasteiger partial charge in [-0.3, -0.25) is 0 Å². The van der Waals surface area contributed by atoms with Gasteiger partial charge in [0, 0.05) is 6.54 Å². The highest BCUT2D eigenvalue weighted by atomic mass is 35.5. The molecule has 0 aliphatic heterocycles. The fourth-order valence-corrected chi connectivity index (χ4v) is 1.34. The molecule has 1 rings (SSSR count). The van der Waals surface area contributed by atoms with Gasteiger partial charge < -0.3 is 10.4 Å². The van der Waals surface area contributed by atoms with E-state index in [1.165, 1.54) is 12.4 Å². The summed E-state index contributed by atoms with van der Waals surface area (Å²) < 4.78 is 0. The van der Waals surface area contributed by atoms with Gasteiger partial charge in [-0.1, -0.05) is 25.4 Å². The number of hydrogen-bond donors (Lipinski definition) is 2. The molecular weight excluding hydrogens is 214 g/mol. The van der Waals surface area contributed by atoms with Crippen molar-refractivity contribution in [1.82, 2.24) is 9.97 Å². The van der Waals surface area contributed by atoms with Gasteiger partial charge in [-0.05, 0) is 12.3 Å². The third-order valence-electron chi connectivity index (χ3n) is 1.86. The SMILES string of the molecule is CC(C)C[C@H](O)CNc1ncc(Cl)cn1. The summed E-state index contributed by atoms with van der Waals surface area (Å²) in [5, 5.41) is 13.0. The van der Waals surface area contributed by atoms with Crippen LogP contribution < -0.4 is 5.32 Å². The molecule has 5 heteroatoms. The number of nitrogens with one attached hydrogen (secondary N) is 1. The lowest BCUT2D eigenvalue weighted by atomic mass is 10.1. The molecule has 1 heterocycles. The molecule has 1 aromatic rings. The average molecular weight is 230 g/mol. The molecular formula is C10H16ClN3O. The van der Waals surface area contributed by atoms with Crippen LogP contribution in [0.5, 0.6) is 0 Å². The molecule has 0 aliphatic carbocycles. The number of halogens is 1. The Bertz CT molecular complexity index is 289. The third kappa shape index (κ3) is 4.95. The molecule has 1 atom stereocenters. The minimum atomic E-state index is -0.371. The molecule has 0 radical (unpaired) electrons. The summed E-state index contributed by atoms with van der Waals surface area (Å²) in [6.45, 7) is 4.60. The summed E-state index contributed by atoms with van der Waals surface area (Å²) >= 11 is 5.64. The fourth-order valence-electron chi connectivity index (χ4n) is 1.24. The Morgan fingerprint density at radius 1 is 1.40 bits per heavy atom. The van der Waals surface area contributed by atoms with Crippen molar-refractivity contribution >= 4 is 17.5 Å². The highest BCUT2D eigenvalue weighted by Crippen LogP contribution is 2.07. The van der Waals surface area contributed by atoms with Crippen molar-refractivity contribution in [3.8, 4) is 0 Å². The molecule has 2 N–H and O–H groups in total. The zero-order chi connectivity index (χ0) is 11.3. The van der Waals surface area contributed by atoms with E-state index in [-0.39, 0.29) is 6.10 Å². The van der Waals surface area contributed by atoms with Gasteiger partial charge in [0.15, 0.2) is 0 Å². The van der Waals surface area contributed by atoms with Crippen LogP contribution in [0.3, 0.4) is 0 Å². The molecule has 0 aromatic carbocycles. The second kappa shape index (κ2) is 5.88. The predicted octanol–water partition coefficient (Wildman–Crippen LogP) is 1.95. The Labute approximate surface area is 94.7 Å². The molecule has 0 fully saturated rings. The van der Waals surface area contributed by atoms with Gasteiger partial charge in [0.1, 0.15) is 0 Å². The highest BCUT2D eigenvalue weighted by molar-refractivity contribution is 6.30.